The molecule has 0 N–H and O–H groups in total. The summed E-state index contributed by atoms with van der Waals surface area (Å²) < 4.78 is 11.0. The van der Waals surface area contributed by atoms with E-state index in [1.54, 1.807) is 0 Å². The summed E-state index contributed by atoms with van der Waals surface area (Å²) in [5.74, 6) is 2.11. The molecule has 0 amide bonds. The van der Waals surface area contributed by atoms with E-state index in [0.29, 0.717) is 30.3 Å². The maximum absolute atomic E-state index is 6.44. The molecule has 0 saturated carbocycles. The first-order chi connectivity index (χ1) is 25.2. The zero-order valence-electron chi connectivity index (χ0n) is 30.9. The van der Waals surface area contributed by atoms with Crippen LogP contribution in [0.2, 0.25) is 0 Å². The van der Waals surface area contributed by atoms with Gasteiger partial charge in [0.1, 0.15) is 11.5 Å². The quantitative estimate of drug-likeness (QED) is 0.150. The number of nitrogens with zero attached hydrogens (tertiary/aromatic N) is 4. The number of benzene rings is 5. The Balaban J connectivity index is 0.00000400. The smallest absolute Gasteiger partial charge is 0.518 e. The molecule has 1 aliphatic heterocycles. The number of hydrogen-bond donors (Lipinski definition) is 0. The van der Waals surface area contributed by atoms with Gasteiger partial charge in [-0.3, -0.25) is 4.99 Å². The number of rotatable bonds is 7. The monoisotopic (exact) mass is 873 g/mol. The fourth-order valence-electron chi connectivity index (χ4n) is 8.61. The standard InChI is InChI=1S/C47H42N4O.Pt/c1-28(2)45(29(3)4)41-27-52-47(49-41)34-23-33(32-11-8-7-9-12-32)24-36(25-34)50-42-18-14-30(5)21-39(42)37-17-16-35(26-44(37)50)51-43-19-15-31(6)22-40(43)38-13-10-20-48-46(38)51;/h7-24,28-29,41,45H,27H2,1-6H3;/q-2;+2/t41-;/m0./s1. The number of ether oxygens (including phenoxy) is 1. The van der Waals surface area contributed by atoms with Gasteiger partial charge in [-0.15, -0.1) is 35.7 Å². The third-order valence-electron chi connectivity index (χ3n) is 10.8. The van der Waals surface area contributed by atoms with Crippen molar-refractivity contribution in [2.24, 2.45) is 22.7 Å². The Kier molecular flexibility index (Phi) is 9.11. The second-order valence-electron chi connectivity index (χ2n) is 15.1. The van der Waals surface area contributed by atoms with Gasteiger partial charge in [-0.2, -0.15) is 6.07 Å². The van der Waals surface area contributed by atoms with E-state index in [0.717, 1.165) is 61.0 Å². The summed E-state index contributed by atoms with van der Waals surface area (Å²) >= 11 is 0. The van der Waals surface area contributed by atoms with E-state index in [1.165, 1.54) is 21.9 Å². The topological polar surface area (TPSA) is 44.3 Å². The van der Waals surface area contributed by atoms with E-state index < -0.39 is 0 Å². The summed E-state index contributed by atoms with van der Waals surface area (Å²) in [5, 5.41) is 4.64. The molecular weight excluding hydrogens is 832 g/mol. The first-order valence-electron chi connectivity index (χ1n) is 18.4. The van der Waals surface area contributed by atoms with Gasteiger partial charge in [0.2, 0.25) is 0 Å². The average Bonchev–Trinajstić information content (AvgIpc) is 3.84. The van der Waals surface area contributed by atoms with Gasteiger partial charge in [-0.25, -0.2) is 4.98 Å². The molecule has 8 aromatic rings. The van der Waals surface area contributed by atoms with Crippen LogP contribution in [0.4, 0.5) is 0 Å². The molecule has 0 fully saturated rings. The normalized spacial score (nSPS) is 14.6. The molecule has 0 radical (unpaired) electrons. The van der Waals surface area contributed by atoms with Crippen molar-refractivity contribution in [2.45, 2.75) is 47.6 Å². The van der Waals surface area contributed by atoms with Gasteiger partial charge in [0.25, 0.3) is 0 Å². The predicted octanol–water partition coefficient (Wildman–Crippen LogP) is 11.2. The van der Waals surface area contributed by atoms with E-state index in [9.17, 15) is 0 Å². The van der Waals surface area contributed by atoms with E-state index >= 15 is 0 Å². The molecule has 9 rings (SSSR count). The van der Waals surface area contributed by atoms with Crippen LogP contribution >= 0.6 is 0 Å². The summed E-state index contributed by atoms with van der Waals surface area (Å²) in [6.07, 6.45) is 1.87. The van der Waals surface area contributed by atoms with Crippen molar-refractivity contribution in [3.05, 3.63) is 138 Å². The molecule has 5 aromatic carbocycles. The molecule has 0 bridgehead atoms. The SMILES string of the molecule is Cc1ccc2c(c1)c1ccc(-n3c4ccc(C)cc4c4cccnc43)[c-]c1n2-c1[c-]c(C2=N[C@H](C(C(C)C)C(C)C)CO2)cc(-c2ccccc2)c1.[Pt+2]. The second-order valence-corrected chi connectivity index (χ2v) is 15.1. The Labute approximate surface area is 325 Å². The van der Waals surface area contributed by atoms with Crippen molar-refractivity contribution in [3.63, 3.8) is 0 Å². The van der Waals surface area contributed by atoms with E-state index in [4.69, 9.17) is 14.7 Å². The maximum Gasteiger partial charge on any atom is 2.00 e. The van der Waals surface area contributed by atoms with Crippen LogP contribution in [-0.2, 0) is 25.8 Å². The molecule has 0 spiro atoms. The Morgan fingerprint density at radius 1 is 0.660 bits per heavy atom. The summed E-state index contributed by atoms with van der Waals surface area (Å²) in [6, 6.07) is 44.7. The molecule has 1 aliphatic rings. The summed E-state index contributed by atoms with van der Waals surface area (Å²) in [7, 11) is 0. The Morgan fingerprint density at radius 3 is 2.08 bits per heavy atom. The molecule has 3 aromatic heterocycles. The Morgan fingerprint density at radius 2 is 1.36 bits per heavy atom. The Bertz CT molecular complexity index is 2680. The van der Waals surface area contributed by atoms with E-state index in [2.05, 4.69) is 160 Å². The van der Waals surface area contributed by atoms with Crippen LogP contribution < -0.4 is 0 Å². The van der Waals surface area contributed by atoms with Crippen LogP contribution in [0.15, 0.2) is 114 Å². The number of aryl methyl sites for hydroxylation is 2. The molecule has 5 nitrogen and oxygen atoms in total. The summed E-state index contributed by atoms with van der Waals surface area (Å²) in [4.78, 5) is 10.1. The zero-order valence-corrected chi connectivity index (χ0v) is 33.2. The molecule has 0 unspecified atom stereocenters. The van der Waals surface area contributed by atoms with Crippen LogP contribution in [0, 0.1) is 43.7 Å². The van der Waals surface area contributed by atoms with Crippen LogP contribution in [0.25, 0.3) is 66.2 Å². The average molecular weight is 874 g/mol. The van der Waals surface area contributed by atoms with Crippen molar-refractivity contribution in [1.82, 2.24) is 14.1 Å². The first kappa shape index (κ1) is 35.1. The van der Waals surface area contributed by atoms with E-state index in [-0.39, 0.29) is 27.1 Å². The van der Waals surface area contributed by atoms with Gasteiger partial charge in [0.15, 0.2) is 0 Å². The molecule has 0 aliphatic carbocycles. The second kappa shape index (κ2) is 13.8. The van der Waals surface area contributed by atoms with Crippen LogP contribution in [0.1, 0.15) is 44.4 Å². The minimum Gasteiger partial charge on any atom is -0.518 e. The number of aliphatic imine (C=N–C) groups is 1. The molecule has 266 valence electrons. The molecular formula is C47H42N4OPt. The fraction of sp³-hybridized carbons (Fsp3) is 0.234. The van der Waals surface area contributed by atoms with Crippen molar-refractivity contribution in [3.8, 4) is 22.5 Å². The molecule has 1 atom stereocenters. The van der Waals surface area contributed by atoms with Crippen LogP contribution in [0.5, 0.6) is 0 Å². The van der Waals surface area contributed by atoms with Gasteiger partial charge in [0, 0.05) is 22.5 Å². The van der Waals surface area contributed by atoms with Crippen molar-refractivity contribution < 1.29 is 25.8 Å². The van der Waals surface area contributed by atoms with Crippen LogP contribution in [0.3, 0.4) is 0 Å². The minimum atomic E-state index is 0. The van der Waals surface area contributed by atoms with Crippen LogP contribution in [-0.4, -0.2) is 32.7 Å². The molecule has 53 heavy (non-hydrogen) atoms. The van der Waals surface area contributed by atoms with Gasteiger partial charge in [0.05, 0.1) is 18.2 Å². The fourth-order valence-corrected chi connectivity index (χ4v) is 8.61. The third-order valence-corrected chi connectivity index (χ3v) is 10.8. The zero-order chi connectivity index (χ0) is 35.7. The number of hydrogen-bond acceptors (Lipinski definition) is 3. The van der Waals surface area contributed by atoms with Gasteiger partial charge in [-0.05, 0) is 78.6 Å². The van der Waals surface area contributed by atoms with Crippen molar-refractivity contribution in [2.75, 3.05) is 6.61 Å². The molecule has 0 saturated heterocycles. The third kappa shape index (κ3) is 6.00. The predicted molar refractivity (Wildman–Crippen MR) is 215 cm³/mol. The minimum absolute atomic E-state index is 0. The molecule has 4 heterocycles. The van der Waals surface area contributed by atoms with Crippen molar-refractivity contribution >= 4 is 49.6 Å². The van der Waals surface area contributed by atoms with Gasteiger partial charge < -0.3 is 13.9 Å². The largest absolute Gasteiger partial charge is 2.00 e. The van der Waals surface area contributed by atoms with Gasteiger partial charge in [-0.1, -0.05) is 110 Å². The molecule has 6 heteroatoms. The van der Waals surface area contributed by atoms with E-state index in [1.807, 2.05) is 12.3 Å². The maximum atomic E-state index is 6.44. The number of pyridine rings is 1. The first-order valence-corrected chi connectivity index (χ1v) is 18.4. The van der Waals surface area contributed by atoms with Crippen molar-refractivity contribution in [1.29, 1.82) is 0 Å². The van der Waals surface area contributed by atoms with Gasteiger partial charge >= 0.3 is 21.1 Å². The summed E-state index contributed by atoms with van der Waals surface area (Å²) in [5.41, 5.74) is 11.5. The number of fused-ring (bicyclic) bond motifs is 6. The Hall–Kier alpha value is -4.99. The summed E-state index contributed by atoms with van der Waals surface area (Å²) in [6.45, 7) is 14.1. The number of aromatic nitrogens is 3.